The molecule has 0 aliphatic heterocycles. The predicted molar refractivity (Wildman–Crippen MR) is 106 cm³/mol. The molecule has 0 unspecified atom stereocenters. The van der Waals surface area contributed by atoms with Crippen LogP contribution in [0.5, 0.6) is 0 Å². The standard InChI is InChI=1S/C17H16Cl2N4O2S/c1-10(18)7-8-23-13-14(22(2)16(25)21-15(13)24)20-17(23)26-9-11-5-3-4-6-12(11)19/h3-7H,8-9H2,1-2H3,(H,21,24,25)/b10-7+. The van der Waals surface area contributed by atoms with Gasteiger partial charge in [0.05, 0.1) is 0 Å². The fraction of sp³-hybridized carbons (Fsp3) is 0.235. The zero-order valence-electron chi connectivity index (χ0n) is 14.1. The van der Waals surface area contributed by atoms with Crippen molar-refractivity contribution in [2.75, 3.05) is 0 Å². The number of benzene rings is 1. The Hall–Kier alpha value is -1.96. The van der Waals surface area contributed by atoms with Crippen molar-refractivity contribution >= 4 is 46.1 Å². The van der Waals surface area contributed by atoms with Gasteiger partial charge in [-0.25, -0.2) is 9.78 Å². The van der Waals surface area contributed by atoms with Crippen LogP contribution in [0.15, 0.2) is 50.1 Å². The Bertz CT molecular complexity index is 1110. The lowest BCUT2D eigenvalue weighted by atomic mass is 10.2. The smallest absolute Gasteiger partial charge is 0.309 e. The number of H-pyrrole nitrogens is 1. The average molecular weight is 411 g/mol. The van der Waals surface area contributed by atoms with Crippen LogP contribution in [0.4, 0.5) is 0 Å². The molecule has 0 atom stereocenters. The van der Waals surface area contributed by atoms with Gasteiger partial charge < -0.3 is 4.57 Å². The van der Waals surface area contributed by atoms with Crippen molar-refractivity contribution in [1.82, 2.24) is 19.1 Å². The number of nitrogens with zero attached hydrogens (tertiary/aromatic N) is 3. The molecule has 0 aliphatic carbocycles. The molecule has 0 spiro atoms. The highest BCUT2D eigenvalue weighted by molar-refractivity contribution is 7.98. The normalized spacial score (nSPS) is 12.1. The number of thioether (sulfide) groups is 1. The minimum atomic E-state index is -0.501. The van der Waals surface area contributed by atoms with E-state index in [0.717, 1.165) is 5.56 Å². The summed E-state index contributed by atoms with van der Waals surface area (Å²) in [5, 5.41) is 1.89. The van der Waals surface area contributed by atoms with Crippen molar-refractivity contribution in [3.8, 4) is 0 Å². The highest BCUT2D eigenvalue weighted by atomic mass is 35.5. The summed E-state index contributed by atoms with van der Waals surface area (Å²) < 4.78 is 3.07. The second-order valence-corrected chi connectivity index (χ2v) is 7.61. The molecular formula is C17H16Cl2N4O2S. The zero-order chi connectivity index (χ0) is 18.8. The molecule has 0 bridgehead atoms. The van der Waals surface area contributed by atoms with Crippen LogP contribution >= 0.6 is 35.0 Å². The molecule has 26 heavy (non-hydrogen) atoms. The molecule has 1 aromatic carbocycles. The molecule has 9 heteroatoms. The number of hydrogen-bond donors (Lipinski definition) is 1. The van der Waals surface area contributed by atoms with Gasteiger partial charge in [-0.1, -0.05) is 59.2 Å². The van der Waals surface area contributed by atoms with Crippen LogP contribution < -0.4 is 11.2 Å². The largest absolute Gasteiger partial charge is 0.329 e. The van der Waals surface area contributed by atoms with Gasteiger partial charge in [0.1, 0.15) is 0 Å². The molecule has 0 amide bonds. The van der Waals surface area contributed by atoms with E-state index in [1.165, 1.54) is 16.3 Å². The predicted octanol–water partition coefficient (Wildman–Crippen LogP) is 3.51. The van der Waals surface area contributed by atoms with E-state index in [1.807, 2.05) is 24.3 Å². The molecule has 0 radical (unpaired) electrons. The van der Waals surface area contributed by atoms with Gasteiger partial charge in [0.15, 0.2) is 16.3 Å². The quantitative estimate of drug-likeness (QED) is 0.653. The number of aromatic nitrogens is 4. The Labute approximate surface area is 163 Å². The Morgan fingerprint density at radius 3 is 2.77 bits per heavy atom. The Kier molecular flexibility index (Phi) is 5.60. The van der Waals surface area contributed by atoms with Gasteiger partial charge in [-0.2, -0.15) is 0 Å². The molecule has 0 fully saturated rings. The van der Waals surface area contributed by atoms with Crippen molar-refractivity contribution in [3.05, 3.63) is 66.8 Å². The first-order valence-corrected chi connectivity index (χ1v) is 9.50. The highest BCUT2D eigenvalue weighted by Gasteiger charge is 2.17. The SMILES string of the molecule is C/C(Cl)=C\Cn1c(SCc2ccccc2Cl)nc2c1c(=O)[nH]c(=O)n2C. The average Bonchev–Trinajstić information content (AvgIpc) is 2.96. The van der Waals surface area contributed by atoms with Crippen molar-refractivity contribution in [1.29, 1.82) is 0 Å². The maximum absolute atomic E-state index is 12.3. The number of aromatic amines is 1. The summed E-state index contributed by atoms with van der Waals surface area (Å²) in [5.74, 6) is 0.582. The van der Waals surface area contributed by atoms with Gasteiger partial charge in [0, 0.05) is 29.4 Å². The number of rotatable bonds is 5. The third-order valence-electron chi connectivity index (χ3n) is 3.84. The van der Waals surface area contributed by atoms with Crippen LogP contribution in [-0.4, -0.2) is 19.1 Å². The third kappa shape index (κ3) is 3.75. The van der Waals surface area contributed by atoms with Crippen molar-refractivity contribution in [2.45, 2.75) is 24.4 Å². The molecule has 0 aliphatic rings. The van der Waals surface area contributed by atoms with Crippen LogP contribution in [0, 0.1) is 0 Å². The molecule has 2 heterocycles. The summed E-state index contributed by atoms with van der Waals surface area (Å²) in [5.41, 5.74) is 0.660. The minimum Gasteiger partial charge on any atom is -0.309 e. The summed E-state index contributed by atoms with van der Waals surface area (Å²) in [7, 11) is 1.57. The van der Waals surface area contributed by atoms with Gasteiger partial charge in [-0.15, -0.1) is 0 Å². The summed E-state index contributed by atoms with van der Waals surface area (Å²) >= 11 is 13.6. The van der Waals surface area contributed by atoms with Gasteiger partial charge in [-0.05, 0) is 18.6 Å². The van der Waals surface area contributed by atoms with Gasteiger partial charge in [-0.3, -0.25) is 14.3 Å². The van der Waals surface area contributed by atoms with Crippen LogP contribution in [0.3, 0.4) is 0 Å². The number of nitrogens with one attached hydrogen (secondary N) is 1. The van der Waals surface area contributed by atoms with Crippen LogP contribution in [0.2, 0.25) is 5.02 Å². The Morgan fingerprint density at radius 1 is 1.35 bits per heavy atom. The first-order chi connectivity index (χ1) is 12.4. The van der Waals surface area contributed by atoms with Crippen LogP contribution in [0.1, 0.15) is 12.5 Å². The summed E-state index contributed by atoms with van der Waals surface area (Å²) in [6.07, 6.45) is 1.78. The van der Waals surface area contributed by atoms with Gasteiger partial charge in [0.25, 0.3) is 5.56 Å². The molecular weight excluding hydrogens is 395 g/mol. The van der Waals surface area contributed by atoms with E-state index in [1.54, 1.807) is 24.6 Å². The fourth-order valence-electron chi connectivity index (χ4n) is 2.47. The van der Waals surface area contributed by atoms with E-state index in [9.17, 15) is 9.59 Å². The molecule has 1 N–H and O–H groups in total. The summed E-state index contributed by atoms with van der Waals surface area (Å²) in [6.45, 7) is 2.13. The van der Waals surface area contributed by atoms with E-state index >= 15 is 0 Å². The second kappa shape index (κ2) is 7.73. The van der Waals surface area contributed by atoms with E-state index in [4.69, 9.17) is 23.2 Å². The molecule has 0 saturated carbocycles. The van der Waals surface area contributed by atoms with Crippen LogP contribution in [0.25, 0.3) is 11.2 Å². The van der Waals surface area contributed by atoms with E-state index in [-0.39, 0.29) is 0 Å². The van der Waals surface area contributed by atoms with E-state index in [2.05, 4.69) is 9.97 Å². The van der Waals surface area contributed by atoms with E-state index < -0.39 is 11.2 Å². The molecule has 6 nitrogen and oxygen atoms in total. The van der Waals surface area contributed by atoms with Crippen LogP contribution in [-0.2, 0) is 19.3 Å². The third-order valence-corrected chi connectivity index (χ3v) is 5.39. The monoisotopic (exact) mass is 410 g/mol. The van der Waals surface area contributed by atoms with Gasteiger partial charge in [0.2, 0.25) is 0 Å². The topological polar surface area (TPSA) is 72.7 Å². The number of allylic oxidation sites excluding steroid dienone is 2. The fourth-order valence-corrected chi connectivity index (χ4v) is 3.83. The molecule has 3 rings (SSSR count). The lowest BCUT2D eigenvalue weighted by Crippen LogP contribution is -2.29. The van der Waals surface area contributed by atoms with Crippen molar-refractivity contribution in [3.63, 3.8) is 0 Å². The highest BCUT2D eigenvalue weighted by Crippen LogP contribution is 2.28. The first-order valence-electron chi connectivity index (χ1n) is 7.76. The van der Waals surface area contributed by atoms with Gasteiger partial charge >= 0.3 is 5.69 Å². The number of imidazole rings is 1. The first kappa shape index (κ1) is 18.8. The maximum Gasteiger partial charge on any atom is 0.329 e. The number of aryl methyl sites for hydroxylation is 1. The van der Waals surface area contributed by atoms with Crippen molar-refractivity contribution in [2.24, 2.45) is 7.05 Å². The number of fused-ring (bicyclic) bond motifs is 1. The summed E-state index contributed by atoms with van der Waals surface area (Å²) in [6, 6.07) is 7.55. The Balaban J connectivity index is 2.09. The lowest BCUT2D eigenvalue weighted by Gasteiger charge is -2.07. The number of hydrogen-bond acceptors (Lipinski definition) is 4. The summed E-state index contributed by atoms with van der Waals surface area (Å²) in [4.78, 5) is 31.0. The second-order valence-electron chi connectivity index (χ2n) is 5.67. The lowest BCUT2D eigenvalue weighted by molar-refractivity contribution is 0.742. The minimum absolute atomic E-state index is 0.334. The zero-order valence-corrected chi connectivity index (χ0v) is 16.5. The molecule has 0 saturated heterocycles. The maximum atomic E-state index is 12.3. The van der Waals surface area contributed by atoms with E-state index in [0.29, 0.717) is 38.7 Å². The Morgan fingerprint density at radius 2 is 2.08 bits per heavy atom. The molecule has 3 aromatic rings. The number of halogens is 2. The van der Waals surface area contributed by atoms with Crippen molar-refractivity contribution < 1.29 is 0 Å². The molecule has 2 aromatic heterocycles. The molecule has 136 valence electrons.